The molecule has 39 heavy (non-hydrogen) atoms. The number of ether oxygens (including phenoxy) is 1. The lowest BCUT2D eigenvalue weighted by molar-refractivity contribution is -0.121. The van der Waals surface area contributed by atoms with E-state index >= 15 is 0 Å². The molecule has 0 atom stereocenters. The predicted molar refractivity (Wildman–Crippen MR) is 154 cm³/mol. The SMILES string of the molecule is O=C(CN(Cc1ccc(Cl)c(Cl)c1)S(=O)(=O)c1ccc(Cl)cc1)N/N=C\c1cccc(Oc2ccccc2)c1. The number of carbonyl (C=O) groups excluding carboxylic acids is 1. The average Bonchev–Trinajstić information content (AvgIpc) is 2.91. The van der Waals surface area contributed by atoms with Crippen molar-refractivity contribution in [3.05, 3.63) is 123 Å². The van der Waals surface area contributed by atoms with Crippen LogP contribution >= 0.6 is 34.8 Å². The fourth-order valence-corrected chi connectivity index (χ4v) is 5.31. The second-order valence-corrected chi connectivity index (χ2v) is 11.4. The van der Waals surface area contributed by atoms with Crippen LogP contribution in [0, 0.1) is 0 Å². The molecule has 0 aliphatic carbocycles. The van der Waals surface area contributed by atoms with E-state index in [4.69, 9.17) is 39.5 Å². The maximum atomic E-state index is 13.4. The summed E-state index contributed by atoms with van der Waals surface area (Å²) in [5.41, 5.74) is 3.61. The van der Waals surface area contributed by atoms with Crippen LogP contribution in [-0.4, -0.2) is 31.4 Å². The van der Waals surface area contributed by atoms with E-state index in [0.717, 1.165) is 4.31 Å². The number of halogens is 3. The summed E-state index contributed by atoms with van der Waals surface area (Å²) in [6.07, 6.45) is 1.44. The Morgan fingerprint density at radius 3 is 2.28 bits per heavy atom. The lowest BCUT2D eigenvalue weighted by Gasteiger charge is -2.22. The van der Waals surface area contributed by atoms with Crippen LogP contribution in [0.4, 0.5) is 0 Å². The Labute approximate surface area is 241 Å². The summed E-state index contributed by atoms with van der Waals surface area (Å²) in [5, 5.41) is 4.97. The Balaban J connectivity index is 1.47. The maximum absolute atomic E-state index is 13.4. The fraction of sp³-hybridized carbons (Fsp3) is 0.0714. The second-order valence-electron chi connectivity index (χ2n) is 8.26. The lowest BCUT2D eigenvalue weighted by atomic mass is 10.2. The van der Waals surface area contributed by atoms with Crippen molar-refractivity contribution in [3.8, 4) is 11.5 Å². The van der Waals surface area contributed by atoms with E-state index in [-0.39, 0.29) is 16.5 Å². The van der Waals surface area contributed by atoms with E-state index in [0.29, 0.717) is 32.7 Å². The van der Waals surface area contributed by atoms with Crippen LogP contribution in [0.1, 0.15) is 11.1 Å². The molecule has 0 saturated heterocycles. The van der Waals surface area contributed by atoms with Gasteiger partial charge < -0.3 is 4.74 Å². The first-order valence-electron chi connectivity index (χ1n) is 11.6. The summed E-state index contributed by atoms with van der Waals surface area (Å²) in [4.78, 5) is 12.8. The minimum atomic E-state index is -4.08. The van der Waals surface area contributed by atoms with E-state index < -0.39 is 22.5 Å². The normalized spacial score (nSPS) is 11.6. The van der Waals surface area contributed by atoms with Crippen LogP contribution in [0.3, 0.4) is 0 Å². The topological polar surface area (TPSA) is 88.1 Å². The average molecular weight is 603 g/mol. The molecule has 200 valence electrons. The molecule has 0 fully saturated rings. The zero-order valence-corrected chi connectivity index (χ0v) is 23.4. The van der Waals surface area contributed by atoms with Crippen LogP contribution in [-0.2, 0) is 21.4 Å². The molecule has 1 N–H and O–H groups in total. The molecule has 0 spiro atoms. The predicted octanol–water partition coefficient (Wildman–Crippen LogP) is 6.78. The third kappa shape index (κ3) is 8.05. The molecular weight excluding hydrogens is 581 g/mol. The number of rotatable bonds is 10. The Bertz CT molecular complexity index is 1580. The van der Waals surface area contributed by atoms with Crippen LogP contribution in [0.15, 0.2) is 107 Å². The van der Waals surface area contributed by atoms with Crippen molar-refractivity contribution in [2.45, 2.75) is 11.4 Å². The lowest BCUT2D eigenvalue weighted by Crippen LogP contribution is -2.39. The van der Waals surface area contributed by atoms with Gasteiger partial charge in [-0.25, -0.2) is 13.8 Å². The zero-order chi connectivity index (χ0) is 27.8. The molecule has 4 aromatic rings. The van der Waals surface area contributed by atoms with Crippen molar-refractivity contribution < 1.29 is 17.9 Å². The molecule has 0 aromatic heterocycles. The van der Waals surface area contributed by atoms with Crippen LogP contribution < -0.4 is 10.2 Å². The summed E-state index contributed by atoms with van der Waals surface area (Å²) in [6, 6.07) is 26.9. The number of sulfonamides is 1. The maximum Gasteiger partial charge on any atom is 0.255 e. The fourth-order valence-electron chi connectivity index (χ4n) is 3.48. The number of hydrogen-bond acceptors (Lipinski definition) is 5. The number of para-hydroxylation sites is 1. The minimum Gasteiger partial charge on any atom is -0.457 e. The summed E-state index contributed by atoms with van der Waals surface area (Å²) in [5.74, 6) is 0.641. The molecule has 0 bridgehead atoms. The van der Waals surface area contributed by atoms with Crippen molar-refractivity contribution in [3.63, 3.8) is 0 Å². The van der Waals surface area contributed by atoms with Gasteiger partial charge in [-0.3, -0.25) is 4.79 Å². The third-order valence-corrected chi connectivity index (χ3v) is 8.15. The molecule has 0 aliphatic rings. The standard InChI is InChI=1S/C28H22Cl3N3O4S/c29-22-10-12-25(13-11-22)39(36,37)34(18-21-9-14-26(30)27(31)16-21)19-28(35)33-32-17-20-5-4-8-24(15-20)38-23-6-2-1-3-7-23/h1-17H,18-19H2,(H,33,35)/b32-17-. The molecule has 7 nitrogen and oxygen atoms in total. The van der Waals surface area contributed by atoms with Crippen molar-refractivity contribution in [1.29, 1.82) is 0 Å². The smallest absolute Gasteiger partial charge is 0.255 e. The van der Waals surface area contributed by atoms with Crippen molar-refractivity contribution in [2.75, 3.05) is 6.54 Å². The first-order valence-corrected chi connectivity index (χ1v) is 14.1. The molecule has 4 aromatic carbocycles. The van der Waals surface area contributed by atoms with Crippen LogP contribution in [0.25, 0.3) is 0 Å². The van der Waals surface area contributed by atoms with Gasteiger partial charge in [0.15, 0.2) is 0 Å². The van der Waals surface area contributed by atoms with E-state index in [2.05, 4.69) is 10.5 Å². The molecule has 0 unspecified atom stereocenters. The first kappa shape index (κ1) is 28.6. The highest BCUT2D eigenvalue weighted by molar-refractivity contribution is 7.89. The second kappa shape index (κ2) is 13.1. The molecule has 4 rings (SSSR count). The molecule has 11 heteroatoms. The van der Waals surface area contributed by atoms with Gasteiger partial charge in [0.25, 0.3) is 5.91 Å². The number of amides is 1. The minimum absolute atomic E-state index is 0.0153. The number of carbonyl (C=O) groups is 1. The first-order chi connectivity index (χ1) is 18.7. The Morgan fingerprint density at radius 1 is 0.846 bits per heavy atom. The summed E-state index contributed by atoms with van der Waals surface area (Å²) in [6.45, 7) is -0.627. The van der Waals surface area contributed by atoms with E-state index in [1.807, 2.05) is 30.3 Å². The van der Waals surface area contributed by atoms with Gasteiger partial charge in [-0.2, -0.15) is 9.41 Å². The molecule has 0 radical (unpaired) electrons. The summed E-state index contributed by atoms with van der Waals surface area (Å²) in [7, 11) is -4.08. The quantitative estimate of drug-likeness (QED) is 0.160. The van der Waals surface area contributed by atoms with E-state index in [1.54, 1.807) is 42.5 Å². The number of nitrogens with one attached hydrogen (secondary N) is 1. The van der Waals surface area contributed by atoms with Gasteiger partial charge in [0, 0.05) is 11.6 Å². The number of benzene rings is 4. The van der Waals surface area contributed by atoms with Crippen molar-refractivity contribution in [1.82, 2.24) is 9.73 Å². The highest BCUT2D eigenvalue weighted by atomic mass is 35.5. The van der Waals surface area contributed by atoms with Gasteiger partial charge in [0.1, 0.15) is 11.5 Å². The van der Waals surface area contributed by atoms with E-state index in [1.165, 1.54) is 30.5 Å². The van der Waals surface area contributed by atoms with Gasteiger partial charge in [-0.15, -0.1) is 0 Å². The highest BCUT2D eigenvalue weighted by Crippen LogP contribution is 2.26. The Kier molecular flexibility index (Phi) is 9.61. The molecule has 0 saturated carbocycles. The van der Waals surface area contributed by atoms with Gasteiger partial charge in [-0.1, -0.05) is 71.2 Å². The number of hydrazone groups is 1. The largest absolute Gasteiger partial charge is 0.457 e. The van der Waals surface area contributed by atoms with Crippen molar-refractivity contribution in [2.24, 2.45) is 5.10 Å². The Morgan fingerprint density at radius 2 is 1.56 bits per heavy atom. The summed E-state index contributed by atoms with van der Waals surface area (Å²) >= 11 is 18.0. The molecule has 1 amide bonds. The van der Waals surface area contributed by atoms with Gasteiger partial charge >= 0.3 is 0 Å². The van der Waals surface area contributed by atoms with E-state index in [9.17, 15) is 13.2 Å². The molecule has 0 heterocycles. The van der Waals surface area contributed by atoms with Gasteiger partial charge in [-0.05, 0) is 71.8 Å². The molecular formula is C28H22Cl3N3O4S. The molecule has 0 aliphatic heterocycles. The Hall–Kier alpha value is -3.40. The van der Waals surface area contributed by atoms with Crippen molar-refractivity contribution >= 4 is 56.9 Å². The van der Waals surface area contributed by atoms with Crippen LogP contribution in [0.5, 0.6) is 11.5 Å². The van der Waals surface area contributed by atoms with Crippen LogP contribution in [0.2, 0.25) is 15.1 Å². The monoisotopic (exact) mass is 601 g/mol. The number of hydrogen-bond donors (Lipinski definition) is 1. The third-order valence-electron chi connectivity index (χ3n) is 5.35. The summed E-state index contributed by atoms with van der Waals surface area (Å²) < 4.78 is 33.7. The van der Waals surface area contributed by atoms with Gasteiger partial charge in [0.2, 0.25) is 10.0 Å². The number of nitrogens with zero attached hydrogens (tertiary/aromatic N) is 2. The van der Waals surface area contributed by atoms with Gasteiger partial charge in [0.05, 0.1) is 27.7 Å². The highest BCUT2D eigenvalue weighted by Gasteiger charge is 2.27. The zero-order valence-electron chi connectivity index (χ0n) is 20.3.